The van der Waals surface area contributed by atoms with Crippen LogP contribution in [-0.2, 0) is 0 Å². The topological polar surface area (TPSA) is 97.0 Å². The van der Waals surface area contributed by atoms with Gasteiger partial charge in [0.2, 0.25) is 5.96 Å². The first-order valence-electron chi connectivity index (χ1n) is 3.70. The van der Waals surface area contributed by atoms with Crippen molar-refractivity contribution in [3.63, 3.8) is 0 Å². The lowest BCUT2D eigenvalue weighted by Gasteiger charge is -1.96. The fourth-order valence-electron chi connectivity index (χ4n) is 0.787. The van der Waals surface area contributed by atoms with Gasteiger partial charge in [-0.1, -0.05) is 0 Å². The van der Waals surface area contributed by atoms with Crippen LogP contribution in [0.5, 0.6) is 5.75 Å². The Morgan fingerprint density at radius 2 is 2.14 bits per heavy atom. The maximum atomic E-state index is 12.7. The molecule has 1 aromatic carbocycles. The summed E-state index contributed by atoms with van der Waals surface area (Å²) in [4.78, 5) is 0. The summed E-state index contributed by atoms with van der Waals surface area (Å²) in [6.45, 7) is 0. The van der Waals surface area contributed by atoms with Crippen LogP contribution in [0.25, 0.3) is 0 Å². The SMILES string of the molecule is NC(N)=N/N=C/c1cc(F)ccc1O. The van der Waals surface area contributed by atoms with Crippen molar-refractivity contribution in [3.05, 3.63) is 29.6 Å². The maximum Gasteiger partial charge on any atom is 0.211 e. The van der Waals surface area contributed by atoms with Gasteiger partial charge in [-0.05, 0) is 18.2 Å². The zero-order valence-electron chi connectivity index (χ0n) is 7.18. The molecule has 0 aliphatic rings. The van der Waals surface area contributed by atoms with E-state index >= 15 is 0 Å². The lowest BCUT2D eigenvalue weighted by atomic mass is 10.2. The number of aromatic hydroxyl groups is 1. The van der Waals surface area contributed by atoms with Crippen LogP contribution in [0.15, 0.2) is 28.4 Å². The van der Waals surface area contributed by atoms with Gasteiger partial charge in [0.1, 0.15) is 11.6 Å². The Labute approximate surface area is 79.6 Å². The van der Waals surface area contributed by atoms with E-state index in [2.05, 4.69) is 10.2 Å². The summed E-state index contributed by atoms with van der Waals surface area (Å²) >= 11 is 0. The summed E-state index contributed by atoms with van der Waals surface area (Å²) in [5.74, 6) is -0.785. The molecule has 14 heavy (non-hydrogen) atoms. The molecule has 5 N–H and O–H groups in total. The summed E-state index contributed by atoms with van der Waals surface area (Å²) in [5.41, 5.74) is 10.2. The molecule has 5 nitrogen and oxygen atoms in total. The van der Waals surface area contributed by atoms with Gasteiger partial charge in [-0.3, -0.25) is 0 Å². The van der Waals surface area contributed by atoms with Gasteiger partial charge in [0.15, 0.2) is 0 Å². The normalized spacial score (nSPS) is 10.4. The van der Waals surface area contributed by atoms with Gasteiger partial charge < -0.3 is 16.6 Å². The van der Waals surface area contributed by atoms with Crippen LogP contribution in [0, 0.1) is 5.82 Å². The fraction of sp³-hybridized carbons (Fsp3) is 0. The average Bonchev–Trinajstić information content (AvgIpc) is 2.10. The van der Waals surface area contributed by atoms with Crippen molar-refractivity contribution in [2.75, 3.05) is 0 Å². The number of hydrogen-bond acceptors (Lipinski definition) is 3. The maximum absolute atomic E-state index is 12.7. The second kappa shape index (κ2) is 4.22. The number of phenolic OH excluding ortho intramolecular Hbond substituents is 1. The summed E-state index contributed by atoms with van der Waals surface area (Å²) in [5, 5.41) is 16.0. The number of nitrogens with two attached hydrogens (primary N) is 2. The molecule has 0 atom stereocenters. The van der Waals surface area contributed by atoms with Gasteiger partial charge in [-0.25, -0.2) is 4.39 Å². The Morgan fingerprint density at radius 3 is 2.79 bits per heavy atom. The highest BCUT2D eigenvalue weighted by molar-refractivity contribution is 5.84. The molecule has 74 valence electrons. The van der Waals surface area contributed by atoms with Crippen molar-refractivity contribution in [3.8, 4) is 5.75 Å². The van der Waals surface area contributed by atoms with Crippen LogP contribution in [0.1, 0.15) is 5.56 Å². The molecule has 0 unspecified atom stereocenters. The predicted molar refractivity (Wildman–Crippen MR) is 51.5 cm³/mol. The quantitative estimate of drug-likeness (QED) is 0.356. The smallest absolute Gasteiger partial charge is 0.211 e. The summed E-state index contributed by atoms with van der Waals surface area (Å²) < 4.78 is 12.7. The summed E-state index contributed by atoms with van der Waals surface area (Å²) in [7, 11) is 0. The number of phenols is 1. The van der Waals surface area contributed by atoms with Crippen LogP contribution in [0.4, 0.5) is 4.39 Å². The minimum absolute atomic E-state index is 0.0963. The second-order valence-electron chi connectivity index (χ2n) is 2.47. The van der Waals surface area contributed by atoms with Crippen molar-refractivity contribution in [1.82, 2.24) is 0 Å². The number of hydrogen-bond donors (Lipinski definition) is 3. The van der Waals surface area contributed by atoms with Gasteiger partial charge in [0.05, 0.1) is 6.21 Å². The monoisotopic (exact) mass is 196 g/mol. The van der Waals surface area contributed by atoms with E-state index in [-0.39, 0.29) is 17.3 Å². The summed E-state index contributed by atoms with van der Waals surface area (Å²) in [6, 6.07) is 3.46. The molecular formula is C8H9FN4O. The van der Waals surface area contributed by atoms with Gasteiger partial charge in [0.25, 0.3) is 0 Å². The second-order valence-corrected chi connectivity index (χ2v) is 2.47. The lowest BCUT2D eigenvalue weighted by Crippen LogP contribution is -2.21. The third kappa shape index (κ3) is 2.74. The highest BCUT2D eigenvalue weighted by atomic mass is 19.1. The van der Waals surface area contributed by atoms with E-state index in [1.165, 1.54) is 6.07 Å². The van der Waals surface area contributed by atoms with Crippen LogP contribution >= 0.6 is 0 Å². The van der Waals surface area contributed by atoms with E-state index in [0.29, 0.717) is 0 Å². The first-order chi connectivity index (χ1) is 6.59. The Bertz CT molecular complexity index is 385. The zero-order chi connectivity index (χ0) is 10.6. The molecule has 0 aromatic heterocycles. The van der Waals surface area contributed by atoms with Crippen molar-refractivity contribution in [1.29, 1.82) is 0 Å². The number of halogens is 1. The van der Waals surface area contributed by atoms with E-state index in [1.807, 2.05) is 0 Å². The van der Waals surface area contributed by atoms with Crippen molar-refractivity contribution < 1.29 is 9.50 Å². The standard InChI is InChI=1S/C8H9FN4O/c9-6-1-2-7(14)5(3-6)4-12-13-8(10)11/h1-4,14H,(H4,10,11,13)/b12-4+. The van der Waals surface area contributed by atoms with E-state index < -0.39 is 5.82 Å². The summed E-state index contributed by atoms with van der Waals surface area (Å²) in [6.07, 6.45) is 1.15. The predicted octanol–water partition coefficient (Wildman–Crippen LogP) is 0.139. The molecular weight excluding hydrogens is 187 g/mol. The molecule has 6 heteroatoms. The molecule has 0 aliphatic heterocycles. The van der Waals surface area contributed by atoms with Gasteiger partial charge in [-0.2, -0.15) is 5.10 Å². The molecule has 0 heterocycles. The molecule has 0 amide bonds. The van der Waals surface area contributed by atoms with Crippen LogP contribution in [0.3, 0.4) is 0 Å². The molecule has 0 bridgehead atoms. The number of guanidine groups is 1. The first-order valence-corrected chi connectivity index (χ1v) is 3.70. The average molecular weight is 196 g/mol. The van der Waals surface area contributed by atoms with Crippen LogP contribution in [-0.4, -0.2) is 17.3 Å². The lowest BCUT2D eigenvalue weighted by molar-refractivity contribution is 0.472. The Kier molecular flexibility index (Phi) is 3.01. The van der Waals surface area contributed by atoms with Gasteiger partial charge in [0, 0.05) is 5.56 Å². The largest absolute Gasteiger partial charge is 0.507 e. The molecule has 1 aromatic rings. The van der Waals surface area contributed by atoms with Crippen molar-refractivity contribution in [2.45, 2.75) is 0 Å². The molecule has 0 fully saturated rings. The molecule has 0 radical (unpaired) electrons. The molecule has 0 saturated heterocycles. The number of rotatable bonds is 2. The third-order valence-corrected chi connectivity index (χ3v) is 1.36. The Hall–Kier alpha value is -2.11. The van der Waals surface area contributed by atoms with Gasteiger partial charge in [-0.15, -0.1) is 5.10 Å². The first kappa shape index (κ1) is 9.97. The van der Waals surface area contributed by atoms with Gasteiger partial charge >= 0.3 is 0 Å². The Balaban J connectivity index is 2.91. The minimum atomic E-state index is -0.478. The van der Waals surface area contributed by atoms with Crippen LogP contribution < -0.4 is 11.5 Å². The highest BCUT2D eigenvalue weighted by Gasteiger charge is 1.98. The number of benzene rings is 1. The third-order valence-electron chi connectivity index (χ3n) is 1.36. The van der Waals surface area contributed by atoms with E-state index in [4.69, 9.17) is 11.5 Å². The molecule has 0 aliphatic carbocycles. The Morgan fingerprint density at radius 1 is 1.43 bits per heavy atom. The highest BCUT2D eigenvalue weighted by Crippen LogP contribution is 2.15. The van der Waals surface area contributed by atoms with Crippen molar-refractivity contribution >= 4 is 12.2 Å². The van der Waals surface area contributed by atoms with E-state index in [0.717, 1.165) is 18.3 Å². The zero-order valence-corrected chi connectivity index (χ0v) is 7.18. The number of nitrogens with zero attached hydrogens (tertiary/aromatic N) is 2. The molecule has 1 rings (SSSR count). The molecule has 0 saturated carbocycles. The minimum Gasteiger partial charge on any atom is -0.507 e. The fourth-order valence-corrected chi connectivity index (χ4v) is 0.787. The van der Waals surface area contributed by atoms with Crippen LogP contribution in [0.2, 0.25) is 0 Å². The van der Waals surface area contributed by atoms with E-state index in [9.17, 15) is 9.50 Å². The van der Waals surface area contributed by atoms with Crippen molar-refractivity contribution in [2.24, 2.45) is 21.7 Å². The molecule has 0 spiro atoms. The van der Waals surface area contributed by atoms with E-state index in [1.54, 1.807) is 0 Å².